The van der Waals surface area contributed by atoms with E-state index < -0.39 is 0 Å². The van der Waals surface area contributed by atoms with Crippen LogP contribution >= 0.6 is 0 Å². The largest absolute Gasteiger partial charge is 0.496 e. The van der Waals surface area contributed by atoms with Crippen molar-refractivity contribution in [2.45, 2.75) is 20.0 Å². The summed E-state index contributed by atoms with van der Waals surface area (Å²) in [6.07, 6.45) is 1.80. The van der Waals surface area contributed by atoms with Gasteiger partial charge in [0, 0.05) is 17.6 Å². The second-order valence-corrected chi connectivity index (χ2v) is 4.20. The van der Waals surface area contributed by atoms with Gasteiger partial charge in [-0.3, -0.25) is 4.98 Å². The van der Waals surface area contributed by atoms with Crippen LogP contribution in [0.15, 0.2) is 24.4 Å². The van der Waals surface area contributed by atoms with Crippen molar-refractivity contribution in [3.63, 3.8) is 0 Å². The molecule has 1 aromatic heterocycles. The average molecular weight is 247 g/mol. The molecule has 0 aliphatic rings. The summed E-state index contributed by atoms with van der Waals surface area (Å²) in [6, 6.07) is 5.58. The Morgan fingerprint density at radius 1 is 1.00 bits per heavy atom. The van der Waals surface area contributed by atoms with Gasteiger partial charge >= 0.3 is 0 Å². The molecular weight excluding hydrogens is 230 g/mol. The van der Waals surface area contributed by atoms with Crippen LogP contribution in [-0.2, 0) is 0 Å². The van der Waals surface area contributed by atoms with Crippen LogP contribution in [0.25, 0.3) is 10.9 Å². The molecule has 0 spiro atoms. The third kappa shape index (κ3) is 2.32. The molecule has 2 aromatic rings. The number of hydrogen-bond donors (Lipinski definition) is 0. The fraction of sp³-hybridized carbons (Fsp3) is 0.357. The van der Waals surface area contributed by atoms with Crippen molar-refractivity contribution in [3.05, 3.63) is 24.4 Å². The lowest BCUT2D eigenvalue weighted by molar-refractivity contribution is 0.230. The van der Waals surface area contributed by atoms with Gasteiger partial charge in [-0.25, -0.2) is 0 Å². The lowest BCUT2D eigenvalue weighted by Crippen LogP contribution is -2.06. The molecule has 18 heavy (non-hydrogen) atoms. The van der Waals surface area contributed by atoms with E-state index in [0.717, 1.165) is 16.7 Å². The quantitative estimate of drug-likeness (QED) is 0.832. The maximum Gasteiger partial charge on any atom is 0.163 e. The number of benzene rings is 1. The average Bonchev–Trinajstić information content (AvgIpc) is 2.36. The van der Waals surface area contributed by atoms with Gasteiger partial charge < -0.3 is 14.2 Å². The number of methoxy groups -OCH3 is 2. The second-order valence-electron chi connectivity index (χ2n) is 4.20. The van der Waals surface area contributed by atoms with Crippen LogP contribution in [-0.4, -0.2) is 25.3 Å². The molecular formula is C14H17NO3. The van der Waals surface area contributed by atoms with Gasteiger partial charge in [0.05, 0.1) is 25.8 Å². The molecule has 0 saturated heterocycles. The van der Waals surface area contributed by atoms with Gasteiger partial charge in [0.1, 0.15) is 5.75 Å². The van der Waals surface area contributed by atoms with Crippen LogP contribution in [0.5, 0.6) is 17.2 Å². The van der Waals surface area contributed by atoms with Crippen LogP contribution in [0.1, 0.15) is 13.8 Å². The van der Waals surface area contributed by atoms with Crippen LogP contribution in [0.3, 0.4) is 0 Å². The summed E-state index contributed by atoms with van der Waals surface area (Å²) in [5, 5.41) is 0.910. The monoisotopic (exact) mass is 247 g/mol. The van der Waals surface area contributed by atoms with E-state index in [1.807, 2.05) is 32.0 Å². The molecule has 0 aliphatic heterocycles. The third-order valence-electron chi connectivity index (χ3n) is 2.57. The molecule has 0 unspecified atom stereocenters. The number of fused-ring (bicyclic) bond motifs is 1. The highest BCUT2D eigenvalue weighted by molar-refractivity contribution is 5.88. The zero-order valence-corrected chi connectivity index (χ0v) is 11.1. The summed E-state index contributed by atoms with van der Waals surface area (Å²) < 4.78 is 16.4. The Hall–Kier alpha value is -1.97. The van der Waals surface area contributed by atoms with Crippen molar-refractivity contribution in [3.8, 4) is 17.2 Å². The highest BCUT2D eigenvalue weighted by Crippen LogP contribution is 2.35. The maximum atomic E-state index is 5.71. The molecule has 0 amide bonds. The zero-order chi connectivity index (χ0) is 13.1. The van der Waals surface area contributed by atoms with Crippen molar-refractivity contribution in [2.75, 3.05) is 14.2 Å². The fourth-order valence-electron chi connectivity index (χ4n) is 1.81. The number of ether oxygens (including phenoxy) is 3. The van der Waals surface area contributed by atoms with Crippen LogP contribution in [0, 0.1) is 0 Å². The number of rotatable bonds is 4. The predicted molar refractivity (Wildman–Crippen MR) is 70.6 cm³/mol. The van der Waals surface area contributed by atoms with E-state index in [2.05, 4.69) is 4.98 Å². The number of nitrogens with zero attached hydrogens (tertiary/aromatic N) is 1. The van der Waals surface area contributed by atoms with E-state index in [1.54, 1.807) is 20.4 Å². The van der Waals surface area contributed by atoms with E-state index in [-0.39, 0.29) is 6.10 Å². The first-order valence-corrected chi connectivity index (χ1v) is 5.83. The molecule has 4 heteroatoms. The van der Waals surface area contributed by atoms with Crippen LogP contribution in [0.4, 0.5) is 0 Å². The highest BCUT2D eigenvalue weighted by Gasteiger charge is 2.11. The third-order valence-corrected chi connectivity index (χ3v) is 2.57. The molecule has 96 valence electrons. The Balaban J connectivity index is 2.60. The smallest absolute Gasteiger partial charge is 0.163 e. The van der Waals surface area contributed by atoms with Gasteiger partial charge in [-0.2, -0.15) is 0 Å². The van der Waals surface area contributed by atoms with Gasteiger partial charge in [-0.05, 0) is 26.0 Å². The minimum atomic E-state index is 0.0851. The zero-order valence-electron chi connectivity index (χ0n) is 11.1. The van der Waals surface area contributed by atoms with E-state index in [1.165, 1.54) is 0 Å². The lowest BCUT2D eigenvalue weighted by atomic mass is 10.2. The molecule has 1 heterocycles. The SMILES string of the molecule is COc1cc2c(OC)ccnc2cc1OC(C)C. The highest BCUT2D eigenvalue weighted by atomic mass is 16.5. The first-order valence-electron chi connectivity index (χ1n) is 5.83. The Kier molecular flexibility index (Phi) is 3.55. The van der Waals surface area contributed by atoms with Gasteiger partial charge in [0.15, 0.2) is 11.5 Å². The van der Waals surface area contributed by atoms with Gasteiger partial charge in [0.25, 0.3) is 0 Å². The molecule has 0 bridgehead atoms. The number of hydrogen-bond acceptors (Lipinski definition) is 4. The summed E-state index contributed by atoms with van der Waals surface area (Å²) in [5.74, 6) is 2.15. The predicted octanol–water partition coefficient (Wildman–Crippen LogP) is 3.04. The van der Waals surface area contributed by atoms with E-state index in [4.69, 9.17) is 14.2 Å². The molecule has 0 aliphatic carbocycles. The van der Waals surface area contributed by atoms with E-state index in [0.29, 0.717) is 11.5 Å². The second kappa shape index (κ2) is 5.12. The van der Waals surface area contributed by atoms with Gasteiger partial charge in [0.2, 0.25) is 0 Å². The minimum Gasteiger partial charge on any atom is -0.496 e. The van der Waals surface area contributed by atoms with Crippen molar-refractivity contribution >= 4 is 10.9 Å². The van der Waals surface area contributed by atoms with E-state index in [9.17, 15) is 0 Å². The van der Waals surface area contributed by atoms with Gasteiger partial charge in [-0.15, -0.1) is 0 Å². The normalized spacial score (nSPS) is 10.7. The Morgan fingerprint density at radius 2 is 1.72 bits per heavy atom. The van der Waals surface area contributed by atoms with Crippen molar-refractivity contribution < 1.29 is 14.2 Å². The summed E-state index contributed by atoms with van der Waals surface area (Å²) in [4.78, 5) is 4.32. The van der Waals surface area contributed by atoms with Crippen molar-refractivity contribution in [1.29, 1.82) is 0 Å². The minimum absolute atomic E-state index is 0.0851. The Labute approximate surface area is 106 Å². The molecule has 0 N–H and O–H groups in total. The van der Waals surface area contributed by atoms with E-state index >= 15 is 0 Å². The standard InChI is InChI=1S/C14H17NO3/c1-9(2)18-14-8-11-10(7-13(14)17-4)12(16-3)5-6-15-11/h5-9H,1-4H3. The topological polar surface area (TPSA) is 40.6 Å². The first kappa shape index (κ1) is 12.5. The van der Waals surface area contributed by atoms with Crippen molar-refractivity contribution in [1.82, 2.24) is 4.98 Å². The van der Waals surface area contributed by atoms with Gasteiger partial charge in [-0.1, -0.05) is 0 Å². The van der Waals surface area contributed by atoms with Crippen LogP contribution in [0.2, 0.25) is 0 Å². The maximum absolute atomic E-state index is 5.71. The summed E-state index contributed by atoms with van der Waals surface area (Å²) in [7, 11) is 3.26. The van der Waals surface area contributed by atoms with Crippen molar-refractivity contribution in [2.24, 2.45) is 0 Å². The molecule has 2 rings (SSSR count). The molecule has 0 radical (unpaired) electrons. The molecule has 4 nitrogen and oxygen atoms in total. The summed E-state index contributed by atoms with van der Waals surface area (Å²) in [5.41, 5.74) is 0.825. The molecule has 1 aromatic carbocycles. The van der Waals surface area contributed by atoms with Crippen LogP contribution < -0.4 is 14.2 Å². The fourth-order valence-corrected chi connectivity index (χ4v) is 1.81. The Bertz CT molecular complexity index is 552. The molecule has 0 saturated carbocycles. The Morgan fingerprint density at radius 3 is 2.33 bits per heavy atom. The summed E-state index contributed by atoms with van der Waals surface area (Å²) >= 11 is 0. The molecule has 0 atom stereocenters. The molecule has 0 fully saturated rings. The number of aromatic nitrogens is 1. The lowest BCUT2D eigenvalue weighted by Gasteiger charge is -2.15. The summed E-state index contributed by atoms with van der Waals surface area (Å²) in [6.45, 7) is 3.95. The number of pyridine rings is 1. The first-order chi connectivity index (χ1) is 8.65.